The summed E-state index contributed by atoms with van der Waals surface area (Å²) >= 11 is 0. The minimum Gasteiger partial charge on any atom is -0.436 e. The topological polar surface area (TPSA) is 81.3 Å². The van der Waals surface area contributed by atoms with Gasteiger partial charge in [-0.1, -0.05) is 49.6 Å². The summed E-state index contributed by atoms with van der Waals surface area (Å²) in [5.74, 6) is 1.43. The molecule has 25 heavy (non-hydrogen) atoms. The van der Waals surface area contributed by atoms with Gasteiger partial charge in [0.2, 0.25) is 5.89 Å². The molecule has 0 aliphatic heterocycles. The number of hydrogen-bond acceptors (Lipinski definition) is 4. The fourth-order valence-corrected chi connectivity index (χ4v) is 3.77. The van der Waals surface area contributed by atoms with Gasteiger partial charge >= 0.3 is 0 Å². The van der Waals surface area contributed by atoms with Crippen LogP contribution in [0.3, 0.4) is 0 Å². The molecule has 1 unspecified atom stereocenters. The molecule has 0 amide bonds. The Morgan fingerprint density at radius 2 is 1.76 bits per heavy atom. The second-order valence-corrected chi connectivity index (χ2v) is 8.05. The molecule has 5 nitrogen and oxygen atoms in total. The first-order valence-electron chi connectivity index (χ1n) is 8.93. The van der Waals surface area contributed by atoms with Gasteiger partial charge in [-0.05, 0) is 18.4 Å². The standard InChI is InChI=1S/C20H29N2O2.H3N/c1-22(2,3)15-18-14-21-19(24-18)20(23,16-10-6-4-7-11-16)17-12-8-5-9-13-17;/h4,6-7,10-11,14,17,23H,5,8-9,12-13,15H2,1-3H3;1H3/q+1;. The summed E-state index contributed by atoms with van der Waals surface area (Å²) < 4.78 is 6.82. The predicted molar refractivity (Wildman–Crippen MR) is 99.3 cm³/mol. The molecule has 5 heteroatoms. The highest BCUT2D eigenvalue weighted by atomic mass is 16.4. The molecular formula is C20H32N3O2+. The molecule has 0 bridgehead atoms. The third kappa shape index (κ3) is 4.29. The molecular weight excluding hydrogens is 314 g/mol. The average Bonchev–Trinajstić information content (AvgIpc) is 3.02. The van der Waals surface area contributed by atoms with Crippen molar-refractivity contribution in [2.75, 3.05) is 21.1 Å². The molecule has 0 saturated heterocycles. The molecule has 1 heterocycles. The van der Waals surface area contributed by atoms with Crippen molar-refractivity contribution in [1.29, 1.82) is 0 Å². The van der Waals surface area contributed by atoms with E-state index in [1.807, 2.05) is 30.3 Å². The van der Waals surface area contributed by atoms with Crippen molar-refractivity contribution in [3.8, 4) is 0 Å². The van der Waals surface area contributed by atoms with Crippen molar-refractivity contribution in [2.45, 2.75) is 44.2 Å². The lowest BCUT2D eigenvalue weighted by molar-refractivity contribution is -0.884. The zero-order chi connectivity index (χ0) is 17.2. The first kappa shape index (κ1) is 19.6. The van der Waals surface area contributed by atoms with Crippen LogP contribution in [0.5, 0.6) is 0 Å². The number of aliphatic hydroxyl groups is 1. The van der Waals surface area contributed by atoms with E-state index < -0.39 is 5.60 Å². The quantitative estimate of drug-likeness (QED) is 0.806. The molecule has 1 aromatic carbocycles. The first-order valence-corrected chi connectivity index (χ1v) is 8.93. The summed E-state index contributed by atoms with van der Waals surface area (Å²) in [4.78, 5) is 4.50. The molecule has 4 N–H and O–H groups in total. The Labute approximate surface area is 150 Å². The highest BCUT2D eigenvalue weighted by Gasteiger charge is 2.44. The van der Waals surface area contributed by atoms with E-state index in [4.69, 9.17) is 4.42 Å². The predicted octanol–water partition coefficient (Wildman–Crippen LogP) is 3.86. The van der Waals surface area contributed by atoms with Gasteiger partial charge in [0.15, 0.2) is 11.4 Å². The summed E-state index contributed by atoms with van der Waals surface area (Å²) in [7, 11) is 6.35. The number of rotatable bonds is 5. The fourth-order valence-electron chi connectivity index (χ4n) is 3.77. The molecule has 1 aliphatic carbocycles. The third-order valence-electron chi connectivity index (χ3n) is 4.92. The number of oxazole rings is 1. The van der Waals surface area contributed by atoms with Gasteiger partial charge in [0, 0.05) is 5.92 Å². The highest BCUT2D eigenvalue weighted by molar-refractivity contribution is 5.30. The van der Waals surface area contributed by atoms with Crippen LogP contribution in [0.1, 0.15) is 49.3 Å². The van der Waals surface area contributed by atoms with Crippen molar-refractivity contribution >= 4 is 0 Å². The largest absolute Gasteiger partial charge is 0.436 e. The molecule has 1 aliphatic rings. The minimum atomic E-state index is -1.13. The van der Waals surface area contributed by atoms with Gasteiger partial charge in [-0.2, -0.15) is 0 Å². The van der Waals surface area contributed by atoms with Crippen LogP contribution in [-0.2, 0) is 12.1 Å². The normalized spacial score (nSPS) is 18.4. The highest BCUT2D eigenvalue weighted by Crippen LogP contribution is 2.43. The second kappa shape index (κ2) is 7.68. The number of aromatic nitrogens is 1. The number of benzene rings is 1. The summed E-state index contributed by atoms with van der Waals surface area (Å²) in [5, 5.41) is 11.7. The van der Waals surface area contributed by atoms with E-state index in [0.717, 1.165) is 48.0 Å². The zero-order valence-electron chi connectivity index (χ0n) is 15.7. The molecule has 138 valence electrons. The Balaban J connectivity index is 0.00000225. The Morgan fingerprint density at radius 3 is 2.36 bits per heavy atom. The Hall–Kier alpha value is -1.69. The van der Waals surface area contributed by atoms with Crippen molar-refractivity contribution < 1.29 is 14.0 Å². The van der Waals surface area contributed by atoms with Gasteiger partial charge in [-0.25, -0.2) is 4.98 Å². The summed E-state index contributed by atoms with van der Waals surface area (Å²) in [5.41, 5.74) is -0.249. The van der Waals surface area contributed by atoms with Crippen molar-refractivity contribution in [3.63, 3.8) is 0 Å². The Morgan fingerprint density at radius 1 is 1.12 bits per heavy atom. The monoisotopic (exact) mass is 346 g/mol. The minimum absolute atomic E-state index is 0. The molecule has 1 atom stereocenters. The molecule has 0 spiro atoms. The summed E-state index contributed by atoms with van der Waals surface area (Å²) in [6.45, 7) is 0.753. The Bertz CT molecular complexity index is 657. The van der Waals surface area contributed by atoms with E-state index in [1.54, 1.807) is 6.20 Å². The van der Waals surface area contributed by atoms with Crippen LogP contribution < -0.4 is 6.15 Å². The maximum atomic E-state index is 11.7. The van der Waals surface area contributed by atoms with Crippen LogP contribution in [0.2, 0.25) is 0 Å². The van der Waals surface area contributed by atoms with E-state index in [9.17, 15) is 5.11 Å². The van der Waals surface area contributed by atoms with Crippen LogP contribution in [0.4, 0.5) is 0 Å². The molecule has 2 aromatic rings. The van der Waals surface area contributed by atoms with E-state index in [0.29, 0.717) is 5.89 Å². The molecule has 1 fully saturated rings. The zero-order valence-corrected chi connectivity index (χ0v) is 15.7. The van der Waals surface area contributed by atoms with Crippen LogP contribution in [0.15, 0.2) is 40.9 Å². The van der Waals surface area contributed by atoms with Gasteiger partial charge in [0.1, 0.15) is 6.54 Å². The van der Waals surface area contributed by atoms with Gasteiger partial charge in [-0.3, -0.25) is 0 Å². The summed E-state index contributed by atoms with van der Waals surface area (Å²) in [6, 6.07) is 9.89. The smallest absolute Gasteiger partial charge is 0.231 e. The van der Waals surface area contributed by atoms with E-state index in [1.165, 1.54) is 6.42 Å². The van der Waals surface area contributed by atoms with E-state index in [2.05, 4.69) is 26.1 Å². The van der Waals surface area contributed by atoms with Crippen molar-refractivity contribution in [3.05, 3.63) is 53.7 Å². The van der Waals surface area contributed by atoms with Crippen LogP contribution in [0, 0.1) is 5.92 Å². The maximum Gasteiger partial charge on any atom is 0.231 e. The second-order valence-electron chi connectivity index (χ2n) is 8.05. The van der Waals surface area contributed by atoms with Crippen LogP contribution in [0.25, 0.3) is 0 Å². The van der Waals surface area contributed by atoms with Crippen molar-refractivity contribution in [1.82, 2.24) is 11.1 Å². The first-order chi connectivity index (χ1) is 11.4. The van der Waals surface area contributed by atoms with Gasteiger partial charge in [0.25, 0.3) is 0 Å². The maximum absolute atomic E-state index is 11.7. The number of hydrogen-bond donors (Lipinski definition) is 2. The summed E-state index contributed by atoms with van der Waals surface area (Å²) in [6.07, 6.45) is 7.37. The Kier molecular flexibility index (Phi) is 6.03. The van der Waals surface area contributed by atoms with Gasteiger partial charge in [0.05, 0.1) is 27.3 Å². The lowest BCUT2D eigenvalue weighted by Crippen LogP contribution is -2.38. The van der Waals surface area contributed by atoms with Gasteiger partial charge in [-0.15, -0.1) is 0 Å². The average molecular weight is 346 g/mol. The van der Waals surface area contributed by atoms with E-state index >= 15 is 0 Å². The lowest BCUT2D eigenvalue weighted by atomic mass is 9.73. The third-order valence-corrected chi connectivity index (χ3v) is 4.92. The SMILES string of the molecule is C[N+](C)(C)Cc1cnc(C(O)(c2ccccc2)C2CCCCC2)o1.N. The number of quaternary nitrogens is 1. The molecule has 1 aromatic heterocycles. The van der Waals surface area contributed by atoms with E-state index in [-0.39, 0.29) is 12.1 Å². The number of nitrogens with zero attached hydrogens (tertiary/aromatic N) is 2. The lowest BCUT2D eigenvalue weighted by Gasteiger charge is -2.36. The van der Waals surface area contributed by atoms with Crippen LogP contribution >= 0.6 is 0 Å². The molecule has 1 saturated carbocycles. The molecule has 0 radical (unpaired) electrons. The van der Waals surface area contributed by atoms with Crippen LogP contribution in [-0.4, -0.2) is 35.7 Å². The molecule has 3 rings (SSSR count). The van der Waals surface area contributed by atoms with Crippen molar-refractivity contribution in [2.24, 2.45) is 5.92 Å². The fraction of sp³-hybridized carbons (Fsp3) is 0.550. The van der Waals surface area contributed by atoms with Gasteiger partial charge < -0.3 is 20.2 Å².